The number of anilines is 1. The average Bonchev–Trinajstić information content (AvgIpc) is 2.40. The second kappa shape index (κ2) is 5.23. The van der Waals surface area contributed by atoms with Crippen molar-refractivity contribution in [2.24, 2.45) is 0 Å². The molecule has 0 aliphatic carbocycles. The number of pyridine rings is 1. The minimum Gasteiger partial charge on any atom is -0.366 e. The van der Waals surface area contributed by atoms with Gasteiger partial charge in [0.15, 0.2) is 11.6 Å². The summed E-state index contributed by atoms with van der Waals surface area (Å²) >= 11 is 0. The summed E-state index contributed by atoms with van der Waals surface area (Å²) in [5, 5.41) is 11.6. The van der Waals surface area contributed by atoms with Crippen molar-refractivity contribution in [1.82, 2.24) is 4.98 Å². The molecular weight excluding hydrogens is 236 g/mol. The summed E-state index contributed by atoms with van der Waals surface area (Å²) in [5.74, 6) is -1.24. The van der Waals surface area contributed by atoms with Gasteiger partial charge in [0.05, 0.1) is 0 Å². The van der Waals surface area contributed by atoms with E-state index in [1.54, 1.807) is 18.2 Å². The molecule has 0 aliphatic heterocycles. The molecule has 1 N–H and O–H groups in total. The van der Waals surface area contributed by atoms with Gasteiger partial charge in [-0.1, -0.05) is 12.1 Å². The second-order valence-electron chi connectivity index (χ2n) is 3.62. The van der Waals surface area contributed by atoms with Crippen LogP contribution in [0.25, 0.3) is 0 Å². The average molecular weight is 245 g/mol. The molecule has 1 aromatic heterocycles. The summed E-state index contributed by atoms with van der Waals surface area (Å²) in [4.78, 5) is 4.01. The molecule has 3 nitrogen and oxygen atoms in total. The van der Waals surface area contributed by atoms with Crippen LogP contribution in [-0.2, 0) is 6.54 Å². The van der Waals surface area contributed by atoms with Crippen molar-refractivity contribution in [3.05, 3.63) is 59.3 Å². The first kappa shape index (κ1) is 12.0. The number of halogens is 2. The van der Waals surface area contributed by atoms with Gasteiger partial charge in [0.2, 0.25) is 0 Å². The Morgan fingerprint density at radius 1 is 1.17 bits per heavy atom. The monoisotopic (exact) mass is 245 g/mol. The molecule has 1 heterocycles. The molecule has 0 spiro atoms. The molecule has 18 heavy (non-hydrogen) atoms. The lowest BCUT2D eigenvalue weighted by Crippen LogP contribution is -2.02. The Hall–Kier alpha value is -2.48. The maximum absolute atomic E-state index is 13.0. The predicted octanol–water partition coefficient (Wildman–Crippen LogP) is 2.84. The van der Waals surface area contributed by atoms with E-state index in [1.165, 1.54) is 6.07 Å². The van der Waals surface area contributed by atoms with Gasteiger partial charge in [-0.15, -0.1) is 0 Å². The molecule has 0 aliphatic rings. The van der Waals surface area contributed by atoms with E-state index in [0.717, 1.165) is 12.1 Å². The van der Waals surface area contributed by atoms with Gasteiger partial charge in [-0.2, -0.15) is 5.26 Å². The molecular formula is C13H9F2N3. The lowest BCUT2D eigenvalue weighted by molar-refractivity contribution is 0.507. The minimum absolute atomic E-state index is 0.297. The van der Waals surface area contributed by atoms with E-state index in [9.17, 15) is 8.78 Å². The van der Waals surface area contributed by atoms with Crippen LogP contribution >= 0.6 is 0 Å². The smallest absolute Gasteiger partial charge is 0.159 e. The van der Waals surface area contributed by atoms with Crippen LogP contribution < -0.4 is 5.32 Å². The summed E-state index contributed by atoms with van der Waals surface area (Å²) in [6.45, 7) is 0.305. The van der Waals surface area contributed by atoms with Crippen molar-refractivity contribution in [1.29, 1.82) is 5.26 Å². The summed E-state index contributed by atoms with van der Waals surface area (Å²) in [6.07, 6.45) is 0. The van der Waals surface area contributed by atoms with Gasteiger partial charge in [0.1, 0.15) is 17.6 Å². The molecule has 0 unspecified atom stereocenters. The number of hydrogen-bond acceptors (Lipinski definition) is 3. The maximum Gasteiger partial charge on any atom is 0.159 e. The Labute approximate surface area is 103 Å². The molecule has 0 bridgehead atoms. The third-order valence-electron chi connectivity index (χ3n) is 2.32. The van der Waals surface area contributed by atoms with Crippen molar-refractivity contribution in [3.63, 3.8) is 0 Å². The van der Waals surface area contributed by atoms with E-state index in [4.69, 9.17) is 5.26 Å². The SMILES string of the molecule is N#Cc1cccc(NCc2ccc(F)c(F)c2)n1. The van der Waals surface area contributed by atoms with Crippen molar-refractivity contribution >= 4 is 5.82 Å². The molecule has 0 atom stereocenters. The quantitative estimate of drug-likeness (QED) is 0.904. The van der Waals surface area contributed by atoms with Crippen LogP contribution in [0.4, 0.5) is 14.6 Å². The zero-order valence-corrected chi connectivity index (χ0v) is 9.32. The van der Waals surface area contributed by atoms with E-state index in [2.05, 4.69) is 10.3 Å². The molecule has 0 saturated heterocycles. The summed E-state index contributed by atoms with van der Waals surface area (Å²) in [6, 6.07) is 10.6. The van der Waals surface area contributed by atoms with Crippen molar-refractivity contribution in [2.45, 2.75) is 6.54 Å². The van der Waals surface area contributed by atoms with Gasteiger partial charge >= 0.3 is 0 Å². The Kier molecular flexibility index (Phi) is 3.49. The van der Waals surface area contributed by atoms with Crippen LogP contribution in [0.3, 0.4) is 0 Å². The first-order chi connectivity index (χ1) is 8.69. The van der Waals surface area contributed by atoms with E-state index < -0.39 is 11.6 Å². The van der Waals surface area contributed by atoms with Gasteiger partial charge in [0.25, 0.3) is 0 Å². The van der Waals surface area contributed by atoms with Crippen LogP contribution in [0.15, 0.2) is 36.4 Å². The molecule has 0 saturated carbocycles. The summed E-state index contributed by atoms with van der Waals surface area (Å²) < 4.78 is 25.7. The second-order valence-corrected chi connectivity index (χ2v) is 3.62. The van der Waals surface area contributed by atoms with E-state index >= 15 is 0 Å². The fourth-order valence-corrected chi connectivity index (χ4v) is 1.44. The number of nitriles is 1. The molecule has 2 rings (SSSR count). The molecule has 0 amide bonds. The van der Waals surface area contributed by atoms with Gasteiger partial charge in [-0.25, -0.2) is 13.8 Å². The largest absolute Gasteiger partial charge is 0.366 e. The van der Waals surface area contributed by atoms with Crippen LogP contribution in [0, 0.1) is 23.0 Å². The van der Waals surface area contributed by atoms with Gasteiger partial charge in [-0.05, 0) is 29.8 Å². The number of hydrogen-bond donors (Lipinski definition) is 1. The van der Waals surface area contributed by atoms with Gasteiger partial charge in [0, 0.05) is 6.54 Å². The van der Waals surface area contributed by atoms with Gasteiger partial charge in [-0.3, -0.25) is 0 Å². The van der Waals surface area contributed by atoms with E-state index in [0.29, 0.717) is 23.6 Å². The van der Waals surface area contributed by atoms with Gasteiger partial charge < -0.3 is 5.32 Å². The topological polar surface area (TPSA) is 48.7 Å². The highest BCUT2D eigenvalue weighted by atomic mass is 19.2. The van der Waals surface area contributed by atoms with Crippen LogP contribution in [0.2, 0.25) is 0 Å². The first-order valence-corrected chi connectivity index (χ1v) is 5.24. The Morgan fingerprint density at radius 2 is 2.00 bits per heavy atom. The zero-order valence-electron chi connectivity index (χ0n) is 9.32. The summed E-state index contributed by atoms with van der Waals surface area (Å²) in [7, 11) is 0. The molecule has 2 aromatic rings. The van der Waals surface area contributed by atoms with E-state index in [1.807, 2.05) is 6.07 Å². The van der Waals surface area contributed by atoms with Crippen LogP contribution in [-0.4, -0.2) is 4.98 Å². The zero-order chi connectivity index (χ0) is 13.0. The van der Waals surface area contributed by atoms with Crippen molar-refractivity contribution in [2.75, 3.05) is 5.32 Å². The predicted molar refractivity (Wildman–Crippen MR) is 62.6 cm³/mol. The molecule has 90 valence electrons. The third kappa shape index (κ3) is 2.80. The van der Waals surface area contributed by atoms with Crippen LogP contribution in [0.1, 0.15) is 11.3 Å². The van der Waals surface area contributed by atoms with Crippen molar-refractivity contribution in [3.8, 4) is 6.07 Å². The normalized spacial score (nSPS) is 9.83. The minimum atomic E-state index is -0.881. The van der Waals surface area contributed by atoms with E-state index in [-0.39, 0.29) is 0 Å². The highest BCUT2D eigenvalue weighted by molar-refractivity contribution is 5.39. The first-order valence-electron chi connectivity index (χ1n) is 5.24. The fourth-order valence-electron chi connectivity index (χ4n) is 1.44. The fraction of sp³-hybridized carbons (Fsp3) is 0.0769. The number of benzene rings is 1. The molecule has 0 radical (unpaired) electrons. The Morgan fingerprint density at radius 3 is 2.72 bits per heavy atom. The highest BCUT2D eigenvalue weighted by Crippen LogP contribution is 2.11. The van der Waals surface area contributed by atoms with Crippen molar-refractivity contribution < 1.29 is 8.78 Å². The Bertz CT molecular complexity index is 605. The maximum atomic E-state index is 13.0. The lowest BCUT2D eigenvalue weighted by Gasteiger charge is -2.06. The third-order valence-corrected chi connectivity index (χ3v) is 2.32. The Balaban J connectivity index is 2.07. The lowest BCUT2D eigenvalue weighted by atomic mass is 10.2. The number of aromatic nitrogens is 1. The molecule has 1 aromatic carbocycles. The number of nitrogens with one attached hydrogen (secondary N) is 1. The van der Waals surface area contributed by atoms with Crippen LogP contribution in [0.5, 0.6) is 0 Å². The molecule has 0 fully saturated rings. The number of rotatable bonds is 3. The summed E-state index contributed by atoms with van der Waals surface area (Å²) in [5.41, 5.74) is 0.892. The highest BCUT2D eigenvalue weighted by Gasteiger charge is 2.03. The standard InChI is InChI=1S/C13H9F2N3/c14-11-5-4-9(6-12(11)15)8-17-13-3-1-2-10(7-16)18-13/h1-6H,8H2,(H,17,18). The number of nitrogens with zero attached hydrogens (tertiary/aromatic N) is 2. The molecule has 5 heteroatoms.